The van der Waals surface area contributed by atoms with Gasteiger partial charge in [0.1, 0.15) is 5.41 Å². The zero-order valence-corrected chi connectivity index (χ0v) is 10.8. The highest BCUT2D eigenvalue weighted by Crippen LogP contribution is 2.28. The van der Waals surface area contributed by atoms with E-state index < -0.39 is 5.41 Å². The van der Waals surface area contributed by atoms with E-state index in [1.807, 2.05) is 24.3 Å². The minimum absolute atomic E-state index is 0.173. The summed E-state index contributed by atoms with van der Waals surface area (Å²) in [5.41, 5.74) is 1.23. The Morgan fingerprint density at radius 2 is 2.00 bits per heavy atom. The predicted octanol–water partition coefficient (Wildman–Crippen LogP) is 1.76. The molecule has 1 heterocycles. The van der Waals surface area contributed by atoms with Crippen molar-refractivity contribution < 1.29 is 14.6 Å². The molecule has 0 unspecified atom stereocenters. The zero-order valence-electron chi connectivity index (χ0n) is 10.8. The average Bonchev–Trinajstić information content (AvgIpc) is 2.29. The molecule has 1 amide bonds. The van der Waals surface area contributed by atoms with Crippen molar-refractivity contribution in [3.63, 3.8) is 0 Å². The Labute approximate surface area is 107 Å². The molecule has 0 aromatic heterocycles. The molecule has 1 aromatic rings. The second kappa shape index (κ2) is 5.08. The molecule has 98 valence electrons. The SMILES string of the molecule is CC(C)c1ccc(NC(=O)C2(CO)COC2)cc1. The van der Waals surface area contributed by atoms with Gasteiger partial charge in [-0.15, -0.1) is 0 Å². The van der Waals surface area contributed by atoms with E-state index >= 15 is 0 Å². The van der Waals surface area contributed by atoms with Crippen molar-refractivity contribution in [2.75, 3.05) is 25.1 Å². The number of anilines is 1. The minimum Gasteiger partial charge on any atom is -0.395 e. The molecule has 0 bridgehead atoms. The van der Waals surface area contributed by atoms with Crippen LogP contribution in [0.3, 0.4) is 0 Å². The molecule has 1 fully saturated rings. The van der Waals surface area contributed by atoms with Gasteiger partial charge in [0.2, 0.25) is 5.91 Å². The Morgan fingerprint density at radius 1 is 1.39 bits per heavy atom. The molecule has 1 aliphatic heterocycles. The number of aliphatic hydroxyl groups is 1. The quantitative estimate of drug-likeness (QED) is 0.854. The van der Waals surface area contributed by atoms with Crippen LogP contribution in [0.2, 0.25) is 0 Å². The van der Waals surface area contributed by atoms with Crippen LogP contribution in [0.4, 0.5) is 5.69 Å². The first-order chi connectivity index (χ1) is 8.57. The lowest BCUT2D eigenvalue weighted by molar-refractivity contribution is -0.164. The summed E-state index contributed by atoms with van der Waals surface area (Å²) in [5, 5.41) is 12.1. The van der Waals surface area contributed by atoms with Gasteiger partial charge in [0.15, 0.2) is 0 Å². The first-order valence-corrected chi connectivity index (χ1v) is 6.17. The maximum atomic E-state index is 12.0. The fourth-order valence-corrected chi connectivity index (χ4v) is 1.86. The Kier molecular flexibility index (Phi) is 3.68. The van der Waals surface area contributed by atoms with Crippen molar-refractivity contribution in [2.45, 2.75) is 19.8 Å². The summed E-state index contributed by atoms with van der Waals surface area (Å²) >= 11 is 0. The van der Waals surface area contributed by atoms with Gasteiger partial charge in [0.25, 0.3) is 0 Å². The zero-order chi connectivity index (χ0) is 13.2. The van der Waals surface area contributed by atoms with Crippen molar-refractivity contribution >= 4 is 11.6 Å². The van der Waals surface area contributed by atoms with Crippen molar-refractivity contribution in [3.8, 4) is 0 Å². The number of ether oxygens (including phenoxy) is 1. The van der Waals surface area contributed by atoms with E-state index in [0.717, 1.165) is 5.69 Å². The molecule has 0 radical (unpaired) electrons. The first kappa shape index (κ1) is 13.1. The van der Waals surface area contributed by atoms with E-state index in [4.69, 9.17) is 4.74 Å². The molecule has 1 aromatic carbocycles. The van der Waals surface area contributed by atoms with Gasteiger partial charge in [-0.05, 0) is 23.6 Å². The third-order valence-corrected chi connectivity index (χ3v) is 3.38. The summed E-state index contributed by atoms with van der Waals surface area (Å²) in [6.45, 7) is 4.65. The number of benzene rings is 1. The normalized spacial score (nSPS) is 17.3. The number of carbonyl (C=O) groups excluding carboxylic acids is 1. The number of hydrogen-bond donors (Lipinski definition) is 2. The lowest BCUT2D eigenvalue weighted by Gasteiger charge is -2.38. The highest BCUT2D eigenvalue weighted by molar-refractivity contribution is 5.96. The monoisotopic (exact) mass is 249 g/mol. The number of rotatable bonds is 4. The molecule has 1 aliphatic rings. The van der Waals surface area contributed by atoms with Crippen LogP contribution in [-0.2, 0) is 9.53 Å². The van der Waals surface area contributed by atoms with Gasteiger partial charge >= 0.3 is 0 Å². The lowest BCUT2D eigenvalue weighted by atomic mass is 9.86. The van der Waals surface area contributed by atoms with Crippen molar-refractivity contribution in [1.82, 2.24) is 0 Å². The van der Waals surface area contributed by atoms with Crippen LogP contribution in [0.25, 0.3) is 0 Å². The van der Waals surface area contributed by atoms with Crippen molar-refractivity contribution in [2.24, 2.45) is 5.41 Å². The molecular formula is C14H19NO3. The van der Waals surface area contributed by atoms with E-state index in [1.165, 1.54) is 5.56 Å². The summed E-state index contributed by atoms with van der Waals surface area (Å²) in [4.78, 5) is 12.0. The molecule has 4 nitrogen and oxygen atoms in total. The summed E-state index contributed by atoms with van der Waals surface area (Å²) in [6, 6.07) is 7.78. The maximum Gasteiger partial charge on any atom is 0.237 e. The van der Waals surface area contributed by atoms with Crippen molar-refractivity contribution in [1.29, 1.82) is 0 Å². The third-order valence-electron chi connectivity index (χ3n) is 3.38. The van der Waals surface area contributed by atoms with Gasteiger partial charge in [-0.3, -0.25) is 4.79 Å². The van der Waals surface area contributed by atoms with Gasteiger partial charge in [-0.1, -0.05) is 26.0 Å². The second-order valence-corrected chi connectivity index (χ2v) is 5.16. The largest absolute Gasteiger partial charge is 0.395 e. The summed E-state index contributed by atoms with van der Waals surface area (Å²) in [6.07, 6.45) is 0. The van der Waals surface area contributed by atoms with Gasteiger partial charge in [0.05, 0.1) is 19.8 Å². The van der Waals surface area contributed by atoms with Gasteiger partial charge in [0, 0.05) is 5.69 Å². The smallest absolute Gasteiger partial charge is 0.237 e. The first-order valence-electron chi connectivity index (χ1n) is 6.17. The average molecular weight is 249 g/mol. The van der Waals surface area contributed by atoms with Crippen LogP contribution in [0, 0.1) is 5.41 Å². The van der Waals surface area contributed by atoms with E-state index in [-0.39, 0.29) is 12.5 Å². The Morgan fingerprint density at radius 3 is 2.39 bits per heavy atom. The minimum atomic E-state index is -0.753. The summed E-state index contributed by atoms with van der Waals surface area (Å²) in [5.74, 6) is 0.298. The van der Waals surface area contributed by atoms with Crippen LogP contribution in [0.5, 0.6) is 0 Å². The van der Waals surface area contributed by atoms with Crippen LogP contribution >= 0.6 is 0 Å². The van der Waals surface area contributed by atoms with Crippen LogP contribution in [0.1, 0.15) is 25.3 Å². The summed E-state index contributed by atoms with van der Waals surface area (Å²) < 4.78 is 5.02. The van der Waals surface area contributed by atoms with E-state index in [2.05, 4.69) is 19.2 Å². The van der Waals surface area contributed by atoms with Crippen LogP contribution in [-0.4, -0.2) is 30.8 Å². The van der Waals surface area contributed by atoms with Gasteiger partial charge < -0.3 is 15.2 Å². The highest BCUT2D eigenvalue weighted by Gasteiger charge is 2.45. The number of amides is 1. The molecule has 0 spiro atoms. The molecule has 1 saturated heterocycles. The summed E-state index contributed by atoms with van der Waals surface area (Å²) in [7, 11) is 0. The molecular weight excluding hydrogens is 230 g/mol. The number of aliphatic hydroxyl groups excluding tert-OH is 1. The third kappa shape index (κ3) is 2.40. The van der Waals surface area contributed by atoms with E-state index in [0.29, 0.717) is 19.1 Å². The Hall–Kier alpha value is -1.39. The number of carbonyl (C=O) groups is 1. The number of nitrogens with one attached hydrogen (secondary N) is 1. The van der Waals surface area contributed by atoms with Crippen LogP contribution in [0.15, 0.2) is 24.3 Å². The molecule has 2 rings (SSSR count). The fourth-order valence-electron chi connectivity index (χ4n) is 1.86. The molecule has 18 heavy (non-hydrogen) atoms. The number of hydrogen-bond acceptors (Lipinski definition) is 3. The van der Waals surface area contributed by atoms with Gasteiger partial charge in [-0.2, -0.15) is 0 Å². The molecule has 2 N–H and O–H groups in total. The highest BCUT2D eigenvalue weighted by atomic mass is 16.5. The van der Waals surface area contributed by atoms with E-state index in [1.54, 1.807) is 0 Å². The standard InChI is InChI=1S/C14H19NO3/c1-10(2)11-3-5-12(6-4-11)15-13(17)14(7-16)8-18-9-14/h3-6,10,16H,7-9H2,1-2H3,(H,15,17). The maximum absolute atomic E-state index is 12.0. The fraction of sp³-hybridized carbons (Fsp3) is 0.500. The topological polar surface area (TPSA) is 58.6 Å². The predicted molar refractivity (Wildman–Crippen MR) is 69.5 cm³/mol. The van der Waals surface area contributed by atoms with Crippen molar-refractivity contribution in [3.05, 3.63) is 29.8 Å². The molecule has 0 aliphatic carbocycles. The molecule has 0 saturated carbocycles. The molecule has 4 heteroatoms. The van der Waals surface area contributed by atoms with Gasteiger partial charge in [-0.25, -0.2) is 0 Å². The van der Waals surface area contributed by atoms with E-state index in [9.17, 15) is 9.90 Å². The Balaban J connectivity index is 2.03. The molecule has 0 atom stereocenters. The Bertz CT molecular complexity index is 416. The van der Waals surface area contributed by atoms with Crippen LogP contribution < -0.4 is 5.32 Å². The lowest BCUT2D eigenvalue weighted by Crippen LogP contribution is -2.54. The second-order valence-electron chi connectivity index (χ2n) is 5.16.